The van der Waals surface area contributed by atoms with E-state index in [0.717, 1.165) is 5.56 Å². The fraction of sp³-hybridized carbons (Fsp3) is 0.462. The summed E-state index contributed by atoms with van der Waals surface area (Å²) in [4.78, 5) is 11.8. The number of amides is 1. The van der Waals surface area contributed by atoms with E-state index in [4.69, 9.17) is 15.2 Å². The van der Waals surface area contributed by atoms with Gasteiger partial charge in [-0.05, 0) is 24.6 Å². The van der Waals surface area contributed by atoms with E-state index in [0.29, 0.717) is 37.6 Å². The molecule has 0 radical (unpaired) electrons. The van der Waals surface area contributed by atoms with Gasteiger partial charge in [0.15, 0.2) is 0 Å². The van der Waals surface area contributed by atoms with Crippen molar-refractivity contribution in [3.05, 3.63) is 29.3 Å². The lowest BCUT2D eigenvalue weighted by atomic mass is 10.1. The van der Waals surface area contributed by atoms with Crippen LogP contribution in [0.2, 0.25) is 0 Å². The van der Waals surface area contributed by atoms with Crippen LogP contribution in [0.4, 0.5) is 5.69 Å². The normalized spacial score (nSPS) is 10.3. The number of nitrogens with two attached hydrogens (primary N) is 1. The molecule has 1 amide bonds. The Morgan fingerprint density at radius 2 is 2.11 bits per heavy atom. The highest BCUT2D eigenvalue weighted by Gasteiger charge is 2.05. The summed E-state index contributed by atoms with van der Waals surface area (Å²) in [5.41, 5.74) is 7.91. The first-order valence-electron chi connectivity index (χ1n) is 5.86. The van der Waals surface area contributed by atoms with Gasteiger partial charge < -0.3 is 20.5 Å². The molecular formula is C13H20N2O3. The van der Waals surface area contributed by atoms with E-state index < -0.39 is 0 Å². The van der Waals surface area contributed by atoms with Gasteiger partial charge in [-0.2, -0.15) is 0 Å². The highest BCUT2D eigenvalue weighted by molar-refractivity contribution is 5.95. The fourth-order valence-electron chi connectivity index (χ4n) is 1.36. The van der Waals surface area contributed by atoms with E-state index in [1.807, 2.05) is 13.0 Å². The van der Waals surface area contributed by atoms with Crippen molar-refractivity contribution in [1.29, 1.82) is 0 Å². The third kappa shape index (κ3) is 4.73. The number of aryl methyl sites for hydroxylation is 1. The lowest BCUT2D eigenvalue weighted by Gasteiger charge is -2.07. The van der Waals surface area contributed by atoms with Crippen LogP contribution in [0, 0.1) is 6.92 Å². The van der Waals surface area contributed by atoms with E-state index in [9.17, 15) is 4.79 Å². The molecule has 1 aromatic rings. The van der Waals surface area contributed by atoms with Gasteiger partial charge in [-0.15, -0.1) is 0 Å². The molecule has 0 atom stereocenters. The van der Waals surface area contributed by atoms with E-state index in [1.165, 1.54) is 0 Å². The van der Waals surface area contributed by atoms with Crippen molar-refractivity contribution in [3.8, 4) is 0 Å². The molecule has 100 valence electrons. The van der Waals surface area contributed by atoms with Crippen LogP contribution >= 0.6 is 0 Å². The van der Waals surface area contributed by atoms with Gasteiger partial charge in [-0.25, -0.2) is 0 Å². The van der Waals surface area contributed by atoms with Crippen molar-refractivity contribution in [3.63, 3.8) is 0 Å². The Morgan fingerprint density at radius 3 is 2.78 bits per heavy atom. The summed E-state index contributed by atoms with van der Waals surface area (Å²) >= 11 is 0. The highest BCUT2D eigenvalue weighted by Crippen LogP contribution is 2.12. The molecule has 18 heavy (non-hydrogen) atoms. The Kier molecular flexibility index (Phi) is 6.18. The predicted octanol–water partition coefficient (Wildman–Crippen LogP) is 0.970. The van der Waals surface area contributed by atoms with Crippen molar-refractivity contribution in [2.24, 2.45) is 0 Å². The number of benzene rings is 1. The molecule has 0 fully saturated rings. The van der Waals surface area contributed by atoms with Gasteiger partial charge in [0.25, 0.3) is 5.91 Å². The monoisotopic (exact) mass is 252 g/mol. The number of rotatable bonds is 7. The standard InChI is InChI=1S/C13H20N2O3/c1-10-3-4-11(9-12(10)14)13(16)15-5-6-18-8-7-17-2/h3-4,9H,5-8,14H2,1-2H3,(H,15,16). The topological polar surface area (TPSA) is 73.6 Å². The van der Waals surface area contributed by atoms with Gasteiger partial charge in [-0.3, -0.25) is 4.79 Å². The van der Waals surface area contributed by atoms with Crippen molar-refractivity contribution < 1.29 is 14.3 Å². The van der Waals surface area contributed by atoms with E-state index in [2.05, 4.69) is 5.32 Å². The lowest BCUT2D eigenvalue weighted by Crippen LogP contribution is -2.27. The summed E-state index contributed by atoms with van der Waals surface area (Å²) in [6.45, 7) is 3.93. The van der Waals surface area contributed by atoms with Crippen LogP contribution < -0.4 is 11.1 Å². The molecule has 3 N–H and O–H groups in total. The first kappa shape index (κ1) is 14.5. The lowest BCUT2D eigenvalue weighted by molar-refractivity contribution is 0.0693. The molecule has 0 aliphatic carbocycles. The minimum absolute atomic E-state index is 0.142. The maximum atomic E-state index is 11.8. The van der Waals surface area contributed by atoms with Crippen LogP contribution in [0.5, 0.6) is 0 Å². The first-order valence-corrected chi connectivity index (χ1v) is 5.86. The molecule has 1 aromatic carbocycles. The Bertz CT molecular complexity index is 394. The van der Waals surface area contributed by atoms with Crippen LogP contribution in [0.3, 0.4) is 0 Å². The zero-order chi connectivity index (χ0) is 13.4. The van der Waals surface area contributed by atoms with Gasteiger partial charge in [0.2, 0.25) is 0 Å². The molecule has 5 heteroatoms. The van der Waals surface area contributed by atoms with Crippen molar-refractivity contribution in [2.45, 2.75) is 6.92 Å². The summed E-state index contributed by atoms with van der Waals surface area (Å²) < 4.78 is 10.1. The SMILES string of the molecule is COCCOCCNC(=O)c1ccc(C)c(N)c1. The molecule has 0 saturated carbocycles. The average Bonchev–Trinajstić information content (AvgIpc) is 2.36. The summed E-state index contributed by atoms with van der Waals surface area (Å²) in [5.74, 6) is -0.142. The summed E-state index contributed by atoms with van der Waals surface area (Å²) in [6.07, 6.45) is 0. The summed E-state index contributed by atoms with van der Waals surface area (Å²) in [6, 6.07) is 5.27. The minimum atomic E-state index is -0.142. The fourth-order valence-corrected chi connectivity index (χ4v) is 1.36. The largest absolute Gasteiger partial charge is 0.398 e. The van der Waals surface area contributed by atoms with Gasteiger partial charge in [-0.1, -0.05) is 6.07 Å². The summed E-state index contributed by atoms with van der Waals surface area (Å²) in [5, 5.41) is 2.76. The smallest absolute Gasteiger partial charge is 0.251 e. The minimum Gasteiger partial charge on any atom is -0.398 e. The van der Waals surface area contributed by atoms with Gasteiger partial charge in [0.05, 0.1) is 19.8 Å². The Hall–Kier alpha value is -1.59. The van der Waals surface area contributed by atoms with E-state index >= 15 is 0 Å². The number of ether oxygens (including phenoxy) is 2. The second-order valence-electron chi connectivity index (χ2n) is 3.93. The second kappa shape index (κ2) is 7.68. The van der Waals surface area contributed by atoms with E-state index in [-0.39, 0.29) is 5.91 Å². The van der Waals surface area contributed by atoms with Crippen molar-refractivity contribution >= 4 is 11.6 Å². The molecule has 0 heterocycles. The number of carbonyl (C=O) groups is 1. The zero-order valence-electron chi connectivity index (χ0n) is 10.9. The third-order valence-corrected chi connectivity index (χ3v) is 2.51. The Morgan fingerprint density at radius 1 is 1.33 bits per heavy atom. The van der Waals surface area contributed by atoms with Crippen molar-refractivity contribution in [2.75, 3.05) is 39.2 Å². The van der Waals surface area contributed by atoms with Crippen molar-refractivity contribution in [1.82, 2.24) is 5.32 Å². The highest BCUT2D eigenvalue weighted by atomic mass is 16.5. The molecule has 0 aliphatic rings. The van der Waals surface area contributed by atoms with Crippen LogP contribution in [0.25, 0.3) is 0 Å². The summed E-state index contributed by atoms with van der Waals surface area (Å²) in [7, 11) is 1.62. The number of carbonyl (C=O) groups excluding carboxylic acids is 1. The number of methoxy groups -OCH3 is 1. The molecule has 0 unspecified atom stereocenters. The quantitative estimate of drug-likeness (QED) is 0.560. The van der Waals surface area contributed by atoms with Gasteiger partial charge in [0, 0.05) is 24.9 Å². The molecule has 5 nitrogen and oxygen atoms in total. The van der Waals surface area contributed by atoms with Crippen LogP contribution in [-0.2, 0) is 9.47 Å². The maximum Gasteiger partial charge on any atom is 0.251 e. The molecule has 0 bridgehead atoms. The Labute approximate surface area is 107 Å². The number of hydrogen-bond donors (Lipinski definition) is 2. The third-order valence-electron chi connectivity index (χ3n) is 2.51. The van der Waals surface area contributed by atoms with E-state index in [1.54, 1.807) is 19.2 Å². The van der Waals surface area contributed by atoms with Crippen LogP contribution in [0.15, 0.2) is 18.2 Å². The first-order chi connectivity index (χ1) is 8.65. The molecule has 0 aliphatic heterocycles. The predicted molar refractivity (Wildman–Crippen MR) is 70.6 cm³/mol. The Balaban J connectivity index is 2.30. The maximum absolute atomic E-state index is 11.8. The second-order valence-corrected chi connectivity index (χ2v) is 3.93. The molecule has 0 spiro atoms. The molecular weight excluding hydrogens is 232 g/mol. The van der Waals surface area contributed by atoms with Gasteiger partial charge in [0.1, 0.15) is 0 Å². The van der Waals surface area contributed by atoms with Crippen LogP contribution in [-0.4, -0.2) is 39.4 Å². The average molecular weight is 252 g/mol. The zero-order valence-corrected chi connectivity index (χ0v) is 10.9. The number of hydrogen-bond acceptors (Lipinski definition) is 4. The number of anilines is 1. The molecule has 0 aromatic heterocycles. The molecule has 0 saturated heterocycles. The van der Waals surface area contributed by atoms with Gasteiger partial charge >= 0.3 is 0 Å². The molecule has 1 rings (SSSR count). The van der Waals surface area contributed by atoms with Crippen LogP contribution in [0.1, 0.15) is 15.9 Å². The number of nitrogen functional groups attached to an aromatic ring is 1. The number of nitrogens with one attached hydrogen (secondary N) is 1.